The maximum atomic E-state index is 13.4. The number of carbonyl (C=O) groups is 1. The van der Waals surface area contributed by atoms with Crippen LogP contribution in [0.2, 0.25) is 0 Å². The van der Waals surface area contributed by atoms with Crippen LogP contribution >= 0.6 is 11.3 Å². The Bertz CT molecular complexity index is 1350. The van der Waals surface area contributed by atoms with Crippen molar-refractivity contribution in [1.82, 2.24) is 14.3 Å². The Morgan fingerprint density at radius 3 is 2.68 bits per heavy atom. The molecule has 0 amide bonds. The van der Waals surface area contributed by atoms with Gasteiger partial charge >= 0.3 is 5.97 Å². The molecule has 160 valence electrons. The standard InChI is InChI=1S/C22H22N4O4S/c1-4-25-12-14(11-23-25)10-17-20(28)26-19(15-6-8-16(27)9-7-15)18(21(29)30-5-2)13(3)24-22(26)31-17/h6-12,19,27H,4-5H2,1-3H3. The molecule has 1 N–H and O–H groups in total. The average molecular weight is 439 g/mol. The Balaban J connectivity index is 1.93. The van der Waals surface area contributed by atoms with Crippen molar-refractivity contribution in [2.45, 2.75) is 33.4 Å². The van der Waals surface area contributed by atoms with Crippen molar-refractivity contribution in [3.05, 3.63) is 78.7 Å². The van der Waals surface area contributed by atoms with Crippen molar-refractivity contribution in [2.24, 2.45) is 4.99 Å². The van der Waals surface area contributed by atoms with Gasteiger partial charge in [-0.25, -0.2) is 9.79 Å². The molecule has 3 heterocycles. The van der Waals surface area contributed by atoms with Gasteiger partial charge in [0.25, 0.3) is 5.56 Å². The number of nitrogens with zero attached hydrogens (tertiary/aromatic N) is 4. The van der Waals surface area contributed by atoms with Gasteiger partial charge in [-0.3, -0.25) is 14.0 Å². The predicted molar refractivity (Wildman–Crippen MR) is 116 cm³/mol. The Kier molecular flexibility index (Phi) is 5.60. The lowest BCUT2D eigenvalue weighted by Crippen LogP contribution is -2.39. The first-order chi connectivity index (χ1) is 14.9. The molecule has 1 aromatic carbocycles. The van der Waals surface area contributed by atoms with Crippen LogP contribution in [0.5, 0.6) is 5.75 Å². The van der Waals surface area contributed by atoms with E-state index in [1.54, 1.807) is 42.9 Å². The van der Waals surface area contributed by atoms with E-state index >= 15 is 0 Å². The third-order valence-electron chi connectivity index (χ3n) is 5.00. The van der Waals surface area contributed by atoms with Crippen LogP contribution in [0.25, 0.3) is 6.08 Å². The molecule has 1 atom stereocenters. The number of rotatable bonds is 5. The number of aromatic hydroxyl groups is 1. The fourth-order valence-corrected chi connectivity index (χ4v) is 4.59. The molecule has 0 saturated heterocycles. The van der Waals surface area contributed by atoms with Crippen LogP contribution in [-0.2, 0) is 16.1 Å². The molecule has 3 aromatic rings. The number of carbonyl (C=O) groups excluding carboxylic acids is 1. The van der Waals surface area contributed by atoms with Crippen LogP contribution in [0.1, 0.15) is 37.9 Å². The van der Waals surface area contributed by atoms with E-state index in [2.05, 4.69) is 10.1 Å². The first kappa shape index (κ1) is 20.8. The third-order valence-corrected chi connectivity index (χ3v) is 5.98. The highest BCUT2D eigenvalue weighted by Crippen LogP contribution is 2.31. The van der Waals surface area contributed by atoms with E-state index in [4.69, 9.17) is 4.74 Å². The smallest absolute Gasteiger partial charge is 0.338 e. The molecule has 0 fully saturated rings. The van der Waals surface area contributed by atoms with E-state index in [0.717, 1.165) is 12.1 Å². The number of phenols is 1. The Labute approximate surface area is 182 Å². The number of hydrogen-bond acceptors (Lipinski definition) is 7. The first-order valence-electron chi connectivity index (χ1n) is 9.94. The fraction of sp³-hybridized carbons (Fsp3) is 0.273. The van der Waals surface area contributed by atoms with Crippen molar-refractivity contribution in [3.63, 3.8) is 0 Å². The van der Waals surface area contributed by atoms with Crippen molar-refractivity contribution >= 4 is 23.4 Å². The summed E-state index contributed by atoms with van der Waals surface area (Å²) < 4.78 is 9.06. The van der Waals surface area contributed by atoms with Gasteiger partial charge < -0.3 is 9.84 Å². The number of thiazole rings is 1. The van der Waals surface area contributed by atoms with Gasteiger partial charge in [0.05, 0.1) is 34.6 Å². The maximum absolute atomic E-state index is 13.4. The topological polar surface area (TPSA) is 98.7 Å². The van der Waals surface area contributed by atoms with E-state index < -0.39 is 12.0 Å². The summed E-state index contributed by atoms with van der Waals surface area (Å²) in [7, 11) is 0. The van der Waals surface area contributed by atoms with Crippen molar-refractivity contribution < 1.29 is 14.6 Å². The molecule has 9 heteroatoms. The average Bonchev–Trinajstić information content (AvgIpc) is 3.32. The van der Waals surface area contributed by atoms with Crippen LogP contribution in [0.15, 0.2) is 57.7 Å². The quantitative estimate of drug-likeness (QED) is 0.612. The lowest BCUT2D eigenvalue weighted by atomic mass is 9.96. The van der Waals surface area contributed by atoms with Crippen LogP contribution in [0.3, 0.4) is 0 Å². The van der Waals surface area contributed by atoms with Crippen LogP contribution in [0.4, 0.5) is 0 Å². The number of ether oxygens (including phenoxy) is 1. The van der Waals surface area contributed by atoms with Crippen molar-refractivity contribution in [2.75, 3.05) is 6.61 Å². The summed E-state index contributed by atoms with van der Waals surface area (Å²) in [4.78, 5) is 31.2. The fourth-order valence-electron chi connectivity index (χ4n) is 3.54. The van der Waals surface area contributed by atoms with Crippen LogP contribution < -0.4 is 14.9 Å². The number of aryl methyl sites for hydroxylation is 1. The summed E-state index contributed by atoms with van der Waals surface area (Å²) in [5, 5.41) is 14.0. The Morgan fingerprint density at radius 1 is 1.29 bits per heavy atom. The summed E-state index contributed by atoms with van der Waals surface area (Å²) >= 11 is 1.26. The minimum atomic E-state index is -0.698. The van der Waals surface area contributed by atoms with Gasteiger partial charge in [0.1, 0.15) is 5.75 Å². The summed E-state index contributed by atoms with van der Waals surface area (Å²) in [5.74, 6) is -0.414. The van der Waals surface area contributed by atoms with Gasteiger partial charge in [-0.2, -0.15) is 5.10 Å². The molecule has 31 heavy (non-hydrogen) atoms. The van der Waals surface area contributed by atoms with Crippen LogP contribution in [-0.4, -0.2) is 32.0 Å². The van der Waals surface area contributed by atoms with Gasteiger partial charge in [0.15, 0.2) is 4.80 Å². The largest absolute Gasteiger partial charge is 0.508 e. The summed E-state index contributed by atoms with van der Waals surface area (Å²) in [6.07, 6.45) is 5.35. The normalized spacial score (nSPS) is 16.2. The minimum absolute atomic E-state index is 0.0995. The molecule has 0 bridgehead atoms. The van der Waals surface area contributed by atoms with Gasteiger partial charge in [0.2, 0.25) is 0 Å². The molecule has 1 unspecified atom stereocenters. The molecule has 8 nitrogen and oxygen atoms in total. The van der Waals surface area contributed by atoms with Crippen molar-refractivity contribution in [3.8, 4) is 5.75 Å². The van der Waals surface area contributed by atoms with E-state index in [1.165, 1.54) is 28.0 Å². The van der Waals surface area contributed by atoms with Gasteiger partial charge in [-0.15, -0.1) is 0 Å². The summed E-state index contributed by atoms with van der Waals surface area (Å²) in [6.45, 7) is 6.40. The predicted octanol–water partition coefficient (Wildman–Crippen LogP) is 1.72. The molecule has 2 aromatic heterocycles. The summed E-state index contributed by atoms with van der Waals surface area (Å²) in [6, 6.07) is 5.75. The van der Waals surface area contributed by atoms with Gasteiger partial charge in [-0.05, 0) is 44.5 Å². The number of aromatic nitrogens is 3. The molecular weight excluding hydrogens is 416 g/mol. The Morgan fingerprint density at radius 2 is 2.03 bits per heavy atom. The molecule has 1 aliphatic heterocycles. The van der Waals surface area contributed by atoms with E-state index in [9.17, 15) is 14.7 Å². The van der Waals surface area contributed by atoms with Crippen molar-refractivity contribution in [1.29, 1.82) is 0 Å². The second-order valence-corrected chi connectivity index (χ2v) is 8.03. The SMILES string of the molecule is CCOC(=O)C1=C(C)N=c2sc(=Cc3cnn(CC)c3)c(=O)n2C1c1ccc(O)cc1. The zero-order valence-corrected chi connectivity index (χ0v) is 18.2. The summed E-state index contributed by atoms with van der Waals surface area (Å²) in [5.41, 5.74) is 2.06. The minimum Gasteiger partial charge on any atom is -0.508 e. The number of hydrogen-bond donors (Lipinski definition) is 1. The molecule has 1 aliphatic rings. The third kappa shape index (κ3) is 3.84. The first-order valence-corrected chi connectivity index (χ1v) is 10.8. The number of phenolic OH excluding ortho intramolecular Hbond substituents is 1. The second kappa shape index (κ2) is 8.35. The number of fused-ring (bicyclic) bond motifs is 1. The van der Waals surface area contributed by atoms with E-state index in [1.807, 2.05) is 13.1 Å². The molecular formula is C22H22N4O4S. The zero-order valence-electron chi connectivity index (χ0n) is 17.4. The molecule has 0 saturated carbocycles. The second-order valence-electron chi connectivity index (χ2n) is 7.02. The highest BCUT2D eigenvalue weighted by molar-refractivity contribution is 7.07. The highest BCUT2D eigenvalue weighted by Gasteiger charge is 2.33. The lowest BCUT2D eigenvalue weighted by Gasteiger charge is -2.24. The van der Waals surface area contributed by atoms with E-state index in [-0.39, 0.29) is 17.9 Å². The number of allylic oxidation sites excluding steroid dienone is 1. The lowest BCUT2D eigenvalue weighted by molar-refractivity contribution is -0.139. The molecule has 4 rings (SSSR count). The van der Waals surface area contributed by atoms with E-state index in [0.29, 0.717) is 26.2 Å². The maximum Gasteiger partial charge on any atom is 0.338 e. The molecule has 0 spiro atoms. The Hall–Kier alpha value is -3.46. The number of esters is 1. The molecule has 0 aliphatic carbocycles. The monoisotopic (exact) mass is 438 g/mol. The molecule has 0 radical (unpaired) electrons. The van der Waals surface area contributed by atoms with Gasteiger partial charge in [0, 0.05) is 18.3 Å². The number of benzene rings is 1. The highest BCUT2D eigenvalue weighted by atomic mass is 32.1. The zero-order chi connectivity index (χ0) is 22.1. The van der Waals surface area contributed by atoms with Crippen LogP contribution in [0, 0.1) is 0 Å². The van der Waals surface area contributed by atoms with Gasteiger partial charge in [-0.1, -0.05) is 23.5 Å².